The van der Waals surface area contributed by atoms with Gasteiger partial charge in [-0.05, 0) is 36.7 Å². The van der Waals surface area contributed by atoms with E-state index >= 15 is 0 Å². The van der Waals surface area contributed by atoms with Crippen LogP contribution in [0.1, 0.15) is 62.4 Å². The first-order valence-electron chi connectivity index (χ1n) is 10.7. The third kappa shape index (κ3) is 4.36. The van der Waals surface area contributed by atoms with Crippen LogP contribution < -0.4 is 0 Å². The van der Waals surface area contributed by atoms with Crippen molar-refractivity contribution in [2.24, 2.45) is 5.41 Å². The molecule has 3 rings (SSSR count). The van der Waals surface area contributed by atoms with Crippen LogP contribution >= 0.6 is 0 Å². The predicted molar refractivity (Wildman–Crippen MR) is 112 cm³/mol. The Kier molecular flexibility index (Phi) is 6.50. The van der Waals surface area contributed by atoms with Crippen molar-refractivity contribution in [2.45, 2.75) is 64.6 Å². The third-order valence-corrected chi connectivity index (χ3v) is 6.46. The summed E-state index contributed by atoms with van der Waals surface area (Å²) in [6, 6.07) is 7.31. The molecule has 1 aromatic carbocycles. The van der Waals surface area contributed by atoms with Gasteiger partial charge in [-0.25, -0.2) is 9.59 Å². The largest absolute Gasteiger partial charge is 0.465 e. The molecule has 1 aliphatic carbocycles. The van der Waals surface area contributed by atoms with Crippen molar-refractivity contribution in [1.29, 1.82) is 0 Å². The van der Waals surface area contributed by atoms with Gasteiger partial charge < -0.3 is 9.84 Å². The monoisotopic (exact) mass is 416 g/mol. The molecule has 1 aromatic rings. The highest BCUT2D eigenvalue weighted by atomic mass is 16.5. The Bertz CT molecular complexity index is 780. The minimum atomic E-state index is -1.29. The van der Waals surface area contributed by atoms with Gasteiger partial charge in [0.15, 0.2) is 5.54 Å². The third-order valence-electron chi connectivity index (χ3n) is 6.46. The molecule has 1 heterocycles. The van der Waals surface area contributed by atoms with Crippen molar-refractivity contribution < 1.29 is 24.2 Å². The van der Waals surface area contributed by atoms with Gasteiger partial charge in [-0.2, -0.15) is 0 Å². The van der Waals surface area contributed by atoms with Gasteiger partial charge in [-0.3, -0.25) is 14.6 Å². The maximum absolute atomic E-state index is 13.5. The molecule has 30 heavy (non-hydrogen) atoms. The maximum atomic E-state index is 13.5. The lowest BCUT2D eigenvalue weighted by Crippen LogP contribution is -2.73. The molecule has 2 fully saturated rings. The first kappa shape index (κ1) is 22.3. The van der Waals surface area contributed by atoms with E-state index in [4.69, 9.17) is 4.74 Å². The van der Waals surface area contributed by atoms with E-state index in [9.17, 15) is 19.5 Å². The zero-order valence-electron chi connectivity index (χ0n) is 18.1. The van der Waals surface area contributed by atoms with Crippen LogP contribution in [0.4, 0.5) is 4.79 Å². The van der Waals surface area contributed by atoms with E-state index in [0.717, 1.165) is 37.5 Å². The zero-order valence-corrected chi connectivity index (χ0v) is 18.1. The van der Waals surface area contributed by atoms with E-state index in [1.165, 1.54) is 4.90 Å². The Balaban J connectivity index is 1.89. The molecule has 0 aromatic heterocycles. The highest BCUT2D eigenvalue weighted by Crippen LogP contribution is 2.41. The molecule has 1 aliphatic heterocycles. The molecule has 0 bridgehead atoms. The lowest BCUT2D eigenvalue weighted by Gasteiger charge is -2.54. The fourth-order valence-corrected chi connectivity index (χ4v) is 4.65. The quantitative estimate of drug-likeness (QED) is 0.583. The topological polar surface area (TPSA) is 87.2 Å². The Morgan fingerprint density at radius 2 is 1.80 bits per heavy atom. The van der Waals surface area contributed by atoms with Crippen LogP contribution in [0.25, 0.3) is 0 Å². The molecule has 1 saturated carbocycles. The number of hydrogen-bond acceptors (Lipinski definition) is 5. The Hall–Kier alpha value is -2.41. The van der Waals surface area contributed by atoms with E-state index in [-0.39, 0.29) is 19.2 Å². The molecular formula is C23H32N2O5. The van der Waals surface area contributed by atoms with Crippen molar-refractivity contribution in [3.05, 3.63) is 35.4 Å². The lowest BCUT2D eigenvalue weighted by molar-refractivity contribution is -0.177. The number of esters is 1. The van der Waals surface area contributed by atoms with Gasteiger partial charge in [0.25, 0.3) is 0 Å². The SMILES string of the molecule is CC(C)(C)C1(C(=O)OC2CCCC2)CN(Cc2ccc(C=O)cc2)CCN1C(=O)O. The summed E-state index contributed by atoms with van der Waals surface area (Å²) < 4.78 is 5.88. The van der Waals surface area contributed by atoms with Crippen LogP contribution in [-0.2, 0) is 16.1 Å². The van der Waals surface area contributed by atoms with Crippen LogP contribution in [0.15, 0.2) is 24.3 Å². The molecule has 7 heteroatoms. The number of ether oxygens (including phenoxy) is 1. The normalized spacial score (nSPS) is 23.4. The van der Waals surface area contributed by atoms with Crippen LogP contribution in [-0.4, -0.2) is 64.5 Å². The summed E-state index contributed by atoms with van der Waals surface area (Å²) in [5.41, 5.74) is -0.321. The van der Waals surface area contributed by atoms with Gasteiger partial charge in [0.05, 0.1) is 0 Å². The first-order valence-corrected chi connectivity index (χ1v) is 10.7. The van der Waals surface area contributed by atoms with Gasteiger partial charge in [0, 0.05) is 31.7 Å². The van der Waals surface area contributed by atoms with Crippen molar-refractivity contribution in [1.82, 2.24) is 9.80 Å². The summed E-state index contributed by atoms with van der Waals surface area (Å²) in [4.78, 5) is 40.0. The molecule has 0 radical (unpaired) electrons. The number of hydrogen-bond donors (Lipinski definition) is 1. The molecule has 1 saturated heterocycles. The van der Waals surface area contributed by atoms with E-state index in [1.54, 1.807) is 12.1 Å². The van der Waals surface area contributed by atoms with Crippen LogP contribution in [0.2, 0.25) is 0 Å². The number of aldehydes is 1. The van der Waals surface area contributed by atoms with Crippen LogP contribution in [0, 0.1) is 5.41 Å². The van der Waals surface area contributed by atoms with Crippen molar-refractivity contribution in [3.8, 4) is 0 Å². The lowest BCUT2D eigenvalue weighted by atomic mass is 9.70. The summed E-state index contributed by atoms with van der Waals surface area (Å²) >= 11 is 0. The molecule has 1 N–H and O–H groups in total. The number of carbonyl (C=O) groups is 3. The summed E-state index contributed by atoms with van der Waals surface area (Å²) in [7, 11) is 0. The Morgan fingerprint density at radius 3 is 2.33 bits per heavy atom. The molecular weight excluding hydrogens is 384 g/mol. The van der Waals surface area contributed by atoms with Crippen molar-refractivity contribution >= 4 is 18.3 Å². The number of benzene rings is 1. The second kappa shape index (κ2) is 8.76. The number of nitrogens with zero attached hydrogens (tertiary/aromatic N) is 2. The molecule has 0 spiro atoms. The smallest absolute Gasteiger partial charge is 0.408 e. The average molecular weight is 417 g/mol. The summed E-state index contributed by atoms with van der Waals surface area (Å²) in [5.74, 6) is -0.440. The number of carbonyl (C=O) groups excluding carboxylic acids is 2. The zero-order chi connectivity index (χ0) is 21.9. The van der Waals surface area contributed by atoms with Gasteiger partial charge in [0.2, 0.25) is 0 Å². The average Bonchev–Trinajstić information content (AvgIpc) is 3.20. The highest BCUT2D eigenvalue weighted by molar-refractivity contribution is 5.87. The molecule has 1 amide bonds. The summed E-state index contributed by atoms with van der Waals surface area (Å²) in [5, 5.41) is 9.95. The Morgan fingerprint density at radius 1 is 1.17 bits per heavy atom. The molecule has 1 unspecified atom stereocenters. The van der Waals surface area contributed by atoms with Crippen molar-refractivity contribution in [2.75, 3.05) is 19.6 Å². The predicted octanol–water partition coefficient (Wildman–Crippen LogP) is 3.57. The second-order valence-electron chi connectivity index (χ2n) is 9.43. The standard InChI is InChI=1S/C23H32N2O5/c1-22(2,3)23(20(27)30-19-6-4-5-7-19)16-24(12-13-25(23)21(28)29)14-17-8-10-18(15-26)11-9-17/h8-11,15,19H,4-7,12-14,16H2,1-3H3,(H,28,29). The first-order chi connectivity index (χ1) is 14.2. The number of carboxylic acid groups (broad SMARTS) is 1. The fraction of sp³-hybridized carbons (Fsp3) is 0.609. The van der Waals surface area contributed by atoms with Crippen molar-refractivity contribution in [3.63, 3.8) is 0 Å². The molecule has 2 aliphatic rings. The molecule has 164 valence electrons. The fourth-order valence-electron chi connectivity index (χ4n) is 4.65. The van der Waals surface area contributed by atoms with Gasteiger partial charge >= 0.3 is 12.1 Å². The number of amides is 1. The number of piperazine rings is 1. The van der Waals surface area contributed by atoms with E-state index < -0.39 is 23.0 Å². The van der Waals surface area contributed by atoms with Crippen LogP contribution in [0.5, 0.6) is 0 Å². The van der Waals surface area contributed by atoms with Gasteiger partial charge in [-0.15, -0.1) is 0 Å². The van der Waals surface area contributed by atoms with E-state index in [1.807, 2.05) is 32.9 Å². The van der Waals surface area contributed by atoms with E-state index in [0.29, 0.717) is 18.7 Å². The second-order valence-corrected chi connectivity index (χ2v) is 9.43. The highest BCUT2D eigenvalue weighted by Gasteiger charge is 2.59. The molecule has 7 nitrogen and oxygen atoms in total. The Labute approximate surface area is 178 Å². The summed E-state index contributed by atoms with van der Waals surface area (Å²) in [6.45, 7) is 7.31. The van der Waals surface area contributed by atoms with Crippen LogP contribution in [0.3, 0.4) is 0 Å². The maximum Gasteiger partial charge on any atom is 0.408 e. The van der Waals surface area contributed by atoms with E-state index in [2.05, 4.69) is 4.90 Å². The number of rotatable bonds is 5. The van der Waals surface area contributed by atoms with Gasteiger partial charge in [-0.1, -0.05) is 45.0 Å². The van der Waals surface area contributed by atoms with Gasteiger partial charge in [0.1, 0.15) is 12.4 Å². The molecule has 1 atom stereocenters. The minimum absolute atomic E-state index is 0.126. The minimum Gasteiger partial charge on any atom is -0.465 e. The summed E-state index contributed by atoms with van der Waals surface area (Å²) in [6.07, 6.45) is 3.33.